The monoisotopic (exact) mass is 437 g/mol. The van der Waals surface area contributed by atoms with Gasteiger partial charge in [0.2, 0.25) is 0 Å². The first-order chi connectivity index (χ1) is 14.2. The Labute approximate surface area is 176 Å². The smallest absolute Gasteiger partial charge is 0.333 e. The second-order valence-corrected chi connectivity index (χ2v) is 8.72. The fraction of sp³-hybridized carbons (Fsp3) is 0.474. The highest BCUT2D eigenvalue weighted by Gasteiger charge is 2.41. The molecular formula is C19H27N5O5S. The van der Waals surface area contributed by atoms with E-state index in [1.54, 1.807) is 0 Å². The van der Waals surface area contributed by atoms with Crippen molar-refractivity contribution in [2.45, 2.75) is 25.2 Å². The summed E-state index contributed by atoms with van der Waals surface area (Å²) in [5.41, 5.74) is 1.16. The highest BCUT2D eigenvalue weighted by Crippen LogP contribution is 2.32. The number of hydrogen-bond acceptors (Lipinski definition) is 9. The Kier molecular flexibility index (Phi) is 7.21. The first-order valence-corrected chi connectivity index (χ1v) is 11.0. The Bertz CT molecular complexity index is 930. The molecule has 0 amide bonds. The third kappa shape index (κ3) is 6.09. The van der Waals surface area contributed by atoms with Gasteiger partial charge in [-0.1, -0.05) is 30.3 Å². The molecule has 1 aliphatic rings. The number of aliphatic hydroxyl groups excluding tert-OH is 2. The Morgan fingerprint density at radius 2 is 1.90 bits per heavy atom. The summed E-state index contributed by atoms with van der Waals surface area (Å²) in [4.78, 5) is 10.5. The van der Waals surface area contributed by atoms with Crippen LogP contribution in [-0.4, -0.2) is 61.0 Å². The van der Waals surface area contributed by atoms with Crippen molar-refractivity contribution in [2.75, 3.05) is 30.4 Å². The number of rotatable bonds is 9. The van der Waals surface area contributed by atoms with Crippen molar-refractivity contribution >= 4 is 21.9 Å². The molecule has 0 unspecified atom stereocenters. The quantitative estimate of drug-likeness (QED) is 0.428. The SMILES string of the molecule is CN(Cc1ccccc1)c1cc(NC[C@@H]2C[C@H](COS(N)(=O)=O)[C@@H](O)[C@H]2O)ncn1. The second kappa shape index (κ2) is 9.67. The Balaban J connectivity index is 1.56. The van der Waals surface area contributed by atoms with Gasteiger partial charge in [0.15, 0.2) is 0 Å². The van der Waals surface area contributed by atoms with E-state index in [4.69, 9.17) is 5.14 Å². The van der Waals surface area contributed by atoms with Crippen LogP contribution >= 0.6 is 0 Å². The molecule has 11 heteroatoms. The molecule has 0 aliphatic heterocycles. The maximum atomic E-state index is 11.0. The average Bonchev–Trinajstić information content (AvgIpc) is 2.99. The van der Waals surface area contributed by atoms with Crippen LogP contribution in [0.4, 0.5) is 11.6 Å². The van der Waals surface area contributed by atoms with Crippen molar-refractivity contribution in [3.63, 3.8) is 0 Å². The van der Waals surface area contributed by atoms with Crippen molar-refractivity contribution in [3.8, 4) is 0 Å². The summed E-state index contributed by atoms with van der Waals surface area (Å²) < 4.78 is 26.5. The zero-order valence-corrected chi connectivity index (χ0v) is 17.4. The van der Waals surface area contributed by atoms with E-state index in [0.29, 0.717) is 25.3 Å². The molecule has 1 fully saturated rings. The van der Waals surface area contributed by atoms with Crippen molar-refractivity contribution in [1.29, 1.82) is 0 Å². The molecule has 3 rings (SSSR count). The van der Waals surface area contributed by atoms with E-state index in [2.05, 4.69) is 19.5 Å². The van der Waals surface area contributed by atoms with Gasteiger partial charge in [-0.3, -0.25) is 4.18 Å². The van der Waals surface area contributed by atoms with Gasteiger partial charge in [-0.05, 0) is 12.0 Å². The van der Waals surface area contributed by atoms with Crippen LogP contribution in [0.25, 0.3) is 0 Å². The minimum absolute atomic E-state index is 0.268. The maximum Gasteiger partial charge on any atom is 0.333 e. The van der Waals surface area contributed by atoms with Gasteiger partial charge in [-0.25, -0.2) is 15.1 Å². The molecule has 0 radical (unpaired) electrons. The number of anilines is 2. The zero-order chi connectivity index (χ0) is 21.7. The molecule has 1 aliphatic carbocycles. The van der Waals surface area contributed by atoms with E-state index in [0.717, 1.165) is 11.4 Å². The summed E-state index contributed by atoms with van der Waals surface area (Å²) in [5, 5.41) is 28.4. The minimum Gasteiger partial charge on any atom is -0.390 e. The first-order valence-electron chi connectivity index (χ1n) is 9.57. The van der Waals surface area contributed by atoms with Gasteiger partial charge in [0.05, 0.1) is 18.8 Å². The van der Waals surface area contributed by atoms with Gasteiger partial charge in [0, 0.05) is 38.0 Å². The predicted molar refractivity (Wildman–Crippen MR) is 112 cm³/mol. The van der Waals surface area contributed by atoms with Crippen LogP contribution in [0, 0.1) is 11.8 Å². The highest BCUT2D eigenvalue weighted by molar-refractivity contribution is 7.84. The van der Waals surface area contributed by atoms with E-state index in [1.165, 1.54) is 6.33 Å². The normalized spacial score (nSPS) is 24.0. The minimum atomic E-state index is -4.09. The van der Waals surface area contributed by atoms with Gasteiger partial charge < -0.3 is 20.4 Å². The van der Waals surface area contributed by atoms with E-state index in [1.807, 2.05) is 48.3 Å². The number of nitrogens with zero attached hydrogens (tertiary/aromatic N) is 3. The first kappa shape index (κ1) is 22.4. The molecule has 10 nitrogen and oxygen atoms in total. The fourth-order valence-electron chi connectivity index (χ4n) is 3.60. The summed E-state index contributed by atoms with van der Waals surface area (Å²) >= 11 is 0. The van der Waals surface area contributed by atoms with Crippen LogP contribution in [0.15, 0.2) is 42.7 Å². The Morgan fingerprint density at radius 3 is 2.60 bits per heavy atom. The fourth-order valence-corrected chi connectivity index (χ4v) is 3.97. The van der Waals surface area contributed by atoms with Crippen LogP contribution in [-0.2, 0) is 21.0 Å². The van der Waals surface area contributed by atoms with Crippen molar-refractivity contribution in [2.24, 2.45) is 17.0 Å². The molecule has 1 aromatic heterocycles. The summed E-state index contributed by atoms with van der Waals surface area (Å²) in [6.45, 7) is 0.773. The number of nitrogens with one attached hydrogen (secondary N) is 1. The average molecular weight is 438 g/mol. The summed E-state index contributed by atoms with van der Waals surface area (Å²) in [5.74, 6) is 0.506. The van der Waals surface area contributed by atoms with Crippen molar-refractivity contribution in [3.05, 3.63) is 48.3 Å². The Hall–Kier alpha value is -2.31. The molecule has 0 saturated heterocycles. The van der Waals surface area contributed by atoms with Crippen molar-refractivity contribution < 1.29 is 22.8 Å². The van der Waals surface area contributed by atoms with Gasteiger partial charge in [0.1, 0.15) is 18.0 Å². The van der Waals surface area contributed by atoms with Gasteiger partial charge in [0.25, 0.3) is 0 Å². The third-order valence-electron chi connectivity index (χ3n) is 5.22. The van der Waals surface area contributed by atoms with Crippen LogP contribution in [0.2, 0.25) is 0 Å². The molecule has 4 atom stereocenters. The topological polar surface area (TPSA) is 151 Å². The lowest BCUT2D eigenvalue weighted by atomic mass is 10.0. The lowest BCUT2D eigenvalue weighted by molar-refractivity contribution is -0.00162. The number of benzene rings is 1. The van der Waals surface area contributed by atoms with E-state index in [9.17, 15) is 18.6 Å². The standard InChI is InChI=1S/C19H27N5O5S/c1-24(10-13-5-3-2-4-6-13)17-8-16(22-12-23-17)21-9-14-7-15(19(26)18(14)25)11-29-30(20,27)28/h2-6,8,12,14-15,18-19,25-26H,7,9-11H2,1H3,(H2,20,27,28)(H,21,22,23)/t14-,15+,18-,19+/m0/s1. The maximum absolute atomic E-state index is 11.0. The molecular weight excluding hydrogens is 410 g/mol. The molecule has 30 heavy (non-hydrogen) atoms. The predicted octanol–water partition coefficient (Wildman–Crippen LogP) is 0.103. The van der Waals surface area contributed by atoms with Gasteiger partial charge in [-0.15, -0.1) is 0 Å². The molecule has 164 valence electrons. The molecule has 0 bridgehead atoms. The van der Waals surface area contributed by atoms with Crippen LogP contribution in [0.5, 0.6) is 0 Å². The van der Waals surface area contributed by atoms with Gasteiger partial charge >= 0.3 is 10.3 Å². The second-order valence-electron chi connectivity index (χ2n) is 7.50. The molecule has 1 heterocycles. The number of aromatic nitrogens is 2. The van der Waals surface area contributed by atoms with E-state index in [-0.39, 0.29) is 12.5 Å². The molecule has 5 N–H and O–H groups in total. The van der Waals surface area contributed by atoms with Crippen LogP contribution < -0.4 is 15.4 Å². The lowest BCUT2D eigenvalue weighted by Crippen LogP contribution is -2.32. The zero-order valence-electron chi connectivity index (χ0n) is 16.6. The van der Waals surface area contributed by atoms with Crippen molar-refractivity contribution in [1.82, 2.24) is 9.97 Å². The van der Waals surface area contributed by atoms with Gasteiger partial charge in [-0.2, -0.15) is 8.42 Å². The highest BCUT2D eigenvalue weighted by atomic mass is 32.2. The number of aliphatic hydroxyl groups is 2. The largest absolute Gasteiger partial charge is 0.390 e. The molecule has 2 aromatic rings. The third-order valence-corrected chi connectivity index (χ3v) is 5.68. The summed E-state index contributed by atoms with van der Waals surface area (Å²) in [7, 11) is -2.15. The van der Waals surface area contributed by atoms with E-state index >= 15 is 0 Å². The molecule has 1 aromatic carbocycles. The number of hydrogen-bond donors (Lipinski definition) is 4. The number of nitrogens with two attached hydrogens (primary N) is 1. The molecule has 1 saturated carbocycles. The van der Waals surface area contributed by atoms with Crippen LogP contribution in [0.1, 0.15) is 12.0 Å². The summed E-state index contributed by atoms with van der Waals surface area (Å²) in [6.07, 6.45) is -0.247. The lowest BCUT2D eigenvalue weighted by Gasteiger charge is -2.20. The Morgan fingerprint density at radius 1 is 1.20 bits per heavy atom. The summed E-state index contributed by atoms with van der Waals surface area (Å²) in [6, 6.07) is 11.8. The van der Waals surface area contributed by atoms with E-state index < -0.39 is 28.4 Å². The van der Waals surface area contributed by atoms with Crippen LogP contribution in [0.3, 0.4) is 0 Å². The molecule has 0 spiro atoms.